The van der Waals surface area contributed by atoms with Crippen LogP contribution >= 0.6 is 0 Å². The Labute approximate surface area is 182 Å². The number of amides is 1. The fourth-order valence-corrected chi connectivity index (χ4v) is 3.59. The Hall–Kier alpha value is -3.31. The number of ether oxygens (including phenoxy) is 1. The van der Waals surface area contributed by atoms with Crippen LogP contribution in [0.4, 0.5) is 13.2 Å². The van der Waals surface area contributed by atoms with E-state index in [-0.39, 0.29) is 29.3 Å². The van der Waals surface area contributed by atoms with Gasteiger partial charge in [-0.15, -0.1) is 0 Å². The van der Waals surface area contributed by atoms with Crippen LogP contribution in [0.5, 0.6) is 5.75 Å². The van der Waals surface area contributed by atoms with Crippen LogP contribution in [0.2, 0.25) is 0 Å². The molecule has 0 unspecified atom stereocenters. The van der Waals surface area contributed by atoms with E-state index in [0.717, 1.165) is 0 Å². The van der Waals surface area contributed by atoms with Crippen LogP contribution in [0.3, 0.4) is 0 Å². The lowest BCUT2D eigenvalue weighted by atomic mass is 10.2. The molecular weight excluding hydrogens is 449 g/mol. The Morgan fingerprint density at radius 3 is 2.25 bits per heavy atom. The molecule has 0 saturated heterocycles. The molecule has 0 saturated carbocycles. The molecule has 32 heavy (non-hydrogen) atoms. The van der Waals surface area contributed by atoms with Crippen molar-refractivity contribution in [2.75, 3.05) is 6.61 Å². The van der Waals surface area contributed by atoms with E-state index < -0.39 is 28.7 Å². The number of nitrogens with one attached hydrogen (secondary N) is 2. The monoisotopic (exact) mass is 468 g/mol. The van der Waals surface area contributed by atoms with Gasteiger partial charge in [-0.25, -0.2) is 13.1 Å². The predicted molar refractivity (Wildman–Crippen MR) is 108 cm³/mol. The van der Waals surface area contributed by atoms with E-state index in [9.17, 15) is 26.4 Å². The van der Waals surface area contributed by atoms with Crippen molar-refractivity contribution in [3.8, 4) is 5.75 Å². The van der Waals surface area contributed by atoms with E-state index in [2.05, 4.69) is 14.8 Å². The van der Waals surface area contributed by atoms with E-state index in [1.807, 2.05) is 0 Å². The van der Waals surface area contributed by atoms with Crippen molar-refractivity contribution in [3.05, 3.63) is 83.8 Å². The molecule has 170 valence electrons. The smallest absolute Gasteiger partial charge is 0.422 e. The molecule has 1 heterocycles. The number of alkyl halides is 3. The highest BCUT2D eigenvalue weighted by Crippen LogP contribution is 2.19. The van der Waals surface area contributed by atoms with E-state index in [1.165, 1.54) is 54.8 Å². The van der Waals surface area contributed by atoms with E-state index in [4.69, 9.17) is 4.42 Å². The summed E-state index contributed by atoms with van der Waals surface area (Å²) >= 11 is 0. The number of halogens is 3. The van der Waals surface area contributed by atoms with Crippen molar-refractivity contribution in [1.82, 2.24) is 10.0 Å². The minimum atomic E-state index is -4.42. The Morgan fingerprint density at radius 2 is 1.66 bits per heavy atom. The molecule has 0 spiro atoms. The van der Waals surface area contributed by atoms with E-state index in [0.29, 0.717) is 11.3 Å². The fraction of sp³-hybridized carbons (Fsp3) is 0.190. The summed E-state index contributed by atoms with van der Waals surface area (Å²) in [6.45, 7) is -1.26. The van der Waals surface area contributed by atoms with Gasteiger partial charge in [-0.1, -0.05) is 12.1 Å². The average Bonchev–Trinajstić information content (AvgIpc) is 3.29. The molecule has 0 aliphatic rings. The first kappa shape index (κ1) is 23.4. The van der Waals surface area contributed by atoms with Gasteiger partial charge in [-0.3, -0.25) is 4.79 Å². The fourth-order valence-electron chi connectivity index (χ4n) is 2.60. The third-order valence-corrected chi connectivity index (χ3v) is 5.64. The Morgan fingerprint density at radius 1 is 0.969 bits per heavy atom. The first-order valence-electron chi connectivity index (χ1n) is 9.31. The van der Waals surface area contributed by atoms with Gasteiger partial charge in [0.05, 0.1) is 17.7 Å². The van der Waals surface area contributed by atoms with Crippen LogP contribution in [0, 0.1) is 0 Å². The molecule has 0 radical (unpaired) electrons. The Balaban J connectivity index is 1.52. The van der Waals surface area contributed by atoms with Crippen LogP contribution in [0.1, 0.15) is 21.7 Å². The third kappa shape index (κ3) is 6.86. The number of rotatable bonds is 9. The van der Waals surface area contributed by atoms with Crippen LogP contribution < -0.4 is 14.8 Å². The summed E-state index contributed by atoms with van der Waals surface area (Å²) in [6.07, 6.45) is -2.98. The minimum absolute atomic E-state index is 0.00237. The number of furan rings is 1. The number of hydrogen-bond donors (Lipinski definition) is 2. The van der Waals surface area contributed by atoms with Gasteiger partial charge in [-0.05, 0) is 54.1 Å². The second-order valence-electron chi connectivity index (χ2n) is 6.66. The number of carbonyl (C=O) groups excluding carboxylic acids is 1. The molecule has 0 bridgehead atoms. The Bertz CT molecular complexity index is 1130. The highest BCUT2D eigenvalue weighted by molar-refractivity contribution is 7.89. The molecule has 3 rings (SSSR count). The first-order valence-corrected chi connectivity index (χ1v) is 10.8. The second kappa shape index (κ2) is 9.88. The van der Waals surface area contributed by atoms with Crippen molar-refractivity contribution in [2.24, 2.45) is 0 Å². The third-order valence-electron chi connectivity index (χ3n) is 4.22. The van der Waals surface area contributed by atoms with E-state index in [1.54, 1.807) is 12.1 Å². The van der Waals surface area contributed by atoms with E-state index >= 15 is 0 Å². The normalized spacial score (nSPS) is 11.8. The molecular formula is C21H19F3N2O5S. The number of carbonyl (C=O) groups is 1. The summed E-state index contributed by atoms with van der Waals surface area (Å²) < 4.78 is 73.2. The van der Waals surface area contributed by atoms with Crippen molar-refractivity contribution >= 4 is 15.9 Å². The molecule has 7 nitrogen and oxygen atoms in total. The molecule has 1 aromatic heterocycles. The zero-order valence-electron chi connectivity index (χ0n) is 16.6. The van der Waals surface area contributed by atoms with Crippen LogP contribution in [0.15, 0.2) is 76.2 Å². The molecule has 0 atom stereocenters. The minimum Gasteiger partial charge on any atom is -0.484 e. The largest absolute Gasteiger partial charge is 0.484 e. The van der Waals surface area contributed by atoms with Gasteiger partial charge in [0.15, 0.2) is 6.61 Å². The van der Waals surface area contributed by atoms with Crippen LogP contribution in [-0.2, 0) is 23.1 Å². The summed E-state index contributed by atoms with van der Waals surface area (Å²) in [5.41, 5.74) is 0.902. The maximum Gasteiger partial charge on any atom is 0.422 e. The zero-order chi connectivity index (χ0) is 23.2. The summed E-state index contributed by atoms with van der Waals surface area (Å²) in [5.74, 6) is 0.0919. The van der Waals surface area contributed by atoms with Crippen molar-refractivity contribution in [3.63, 3.8) is 0 Å². The molecule has 0 fully saturated rings. The van der Waals surface area contributed by atoms with Crippen LogP contribution in [-0.4, -0.2) is 27.1 Å². The van der Waals surface area contributed by atoms with Gasteiger partial charge in [0.2, 0.25) is 10.0 Å². The molecule has 2 N–H and O–H groups in total. The van der Waals surface area contributed by atoms with Gasteiger partial charge < -0.3 is 14.5 Å². The number of hydrogen-bond acceptors (Lipinski definition) is 5. The lowest BCUT2D eigenvalue weighted by molar-refractivity contribution is -0.153. The second-order valence-corrected chi connectivity index (χ2v) is 8.43. The van der Waals surface area contributed by atoms with Gasteiger partial charge >= 0.3 is 6.18 Å². The highest BCUT2D eigenvalue weighted by atomic mass is 32.2. The average molecular weight is 468 g/mol. The summed E-state index contributed by atoms with van der Waals surface area (Å²) in [7, 11) is -3.78. The number of benzene rings is 2. The molecule has 11 heteroatoms. The summed E-state index contributed by atoms with van der Waals surface area (Å²) in [4.78, 5) is 12.3. The lowest BCUT2D eigenvalue weighted by Crippen LogP contribution is -2.24. The van der Waals surface area contributed by atoms with Crippen molar-refractivity contribution < 1.29 is 35.5 Å². The Kier molecular flexibility index (Phi) is 7.21. The molecule has 2 aromatic carbocycles. The topological polar surface area (TPSA) is 97.6 Å². The quantitative estimate of drug-likeness (QED) is 0.500. The predicted octanol–water partition coefficient (Wildman–Crippen LogP) is 3.63. The standard InChI is InChI=1S/C21H19F3N2O5S/c22-21(23,24)14-31-17-7-3-15(4-8-17)12-25-20(27)16-5-9-19(10-6-16)32(28,29)26-13-18-2-1-11-30-18/h1-11,26H,12-14H2,(H,25,27). The molecule has 0 aliphatic heterocycles. The van der Waals surface area contributed by atoms with Crippen molar-refractivity contribution in [2.45, 2.75) is 24.2 Å². The molecule has 1 amide bonds. The summed E-state index contributed by atoms with van der Waals surface area (Å²) in [5, 5.41) is 2.66. The highest BCUT2D eigenvalue weighted by Gasteiger charge is 2.28. The SMILES string of the molecule is O=C(NCc1ccc(OCC(F)(F)F)cc1)c1ccc(S(=O)(=O)NCc2ccco2)cc1. The van der Waals surface area contributed by atoms with Gasteiger partial charge in [0, 0.05) is 12.1 Å². The van der Waals surface area contributed by atoms with Crippen molar-refractivity contribution in [1.29, 1.82) is 0 Å². The maximum absolute atomic E-state index is 12.3. The molecule has 3 aromatic rings. The zero-order valence-corrected chi connectivity index (χ0v) is 17.4. The van der Waals surface area contributed by atoms with Gasteiger partial charge in [0.1, 0.15) is 11.5 Å². The van der Waals surface area contributed by atoms with Gasteiger partial charge in [-0.2, -0.15) is 13.2 Å². The van der Waals surface area contributed by atoms with Crippen LogP contribution in [0.25, 0.3) is 0 Å². The van der Waals surface area contributed by atoms with Gasteiger partial charge in [0.25, 0.3) is 5.91 Å². The number of sulfonamides is 1. The summed E-state index contributed by atoms with van der Waals surface area (Å²) in [6, 6.07) is 14.5. The lowest BCUT2D eigenvalue weighted by Gasteiger charge is -2.10. The first-order chi connectivity index (χ1) is 15.1. The maximum atomic E-state index is 12.3. The molecule has 0 aliphatic carbocycles.